The summed E-state index contributed by atoms with van der Waals surface area (Å²) < 4.78 is 34.3. The average Bonchev–Trinajstić information content (AvgIpc) is 2.97. The number of Topliss-reactive ketones (excluding diaryl/α,β-unsaturated/α-hetero) is 1. The van der Waals surface area contributed by atoms with Gasteiger partial charge in [0.15, 0.2) is 5.78 Å². The molecule has 3 aromatic rings. The second-order valence-electron chi connectivity index (χ2n) is 8.95. The van der Waals surface area contributed by atoms with Crippen molar-refractivity contribution in [1.82, 2.24) is 0 Å². The summed E-state index contributed by atoms with van der Waals surface area (Å²) in [5.41, 5.74) is 2.57. The van der Waals surface area contributed by atoms with Crippen LogP contribution in [0.4, 0.5) is 20.2 Å². The van der Waals surface area contributed by atoms with Crippen LogP contribution in [-0.4, -0.2) is 18.8 Å². The van der Waals surface area contributed by atoms with Crippen LogP contribution in [0.25, 0.3) is 0 Å². The molecule has 1 N–H and O–H groups in total. The zero-order valence-corrected chi connectivity index (χ0v) is 19.3. The van der Waals surface area contributed by atoms with Crippen LogP contribution in [0.3, 0.4) is 0 Å². The Labute approximate surface area is 202 Å². The molecule has 0 spiro atoms. The fourth-order valence-electron chi connectivity index (χ4n) is 5.01. The predicted molar refractivity (Wildman–Crippen MR) is 129 cm³/mol. The summed E-state index contributed by atoms with van der Waals surface area (Å²) in [4.78, 5) is 29.1. The number of nitrogens with zero attached hydrogens (tertiary/aromatic N) is 1. The lowest BCUT2D eigenvalue weighted by Gasteiger charge is -2.35. The number of methoxy groups -OCH3 is 1. The normalized spacial score (nSPS) is 19.4. The number of carbonyl (C=O) groups is 2. The van der Waals surface area contributed by atoms with Gasteiger partial charge in [-0.2, -0.15) is 0 Å². The highest BCUT2D eigenvalue weighted by molar-refractivity contribution is 6.13. The monoisotopic (exact) mass is 474 g/mol. The van der Waals surface area contributed by atoms with Crippen LogP contribution in [0.15, 0.2) is 78.0 Å². The van der Waals surface area contributed by atoms with Crippen LogP contribution in [-0.2, 0) is 4.79 Å². The minimum Gasteiger partial charge on any atom is -0.496 e. The lowest BCUT2D eigenvalue weighted by Crippen LogP contribution is -2.38. The molecular weight excluding hydrogens is 450 g/mol. The van der Waals surface area contributed by atoms with E-state index in [1.807, 2.05) is 19.1 Å². The van der Waals surface area contributed by atoms with Crippen molar-refractivity contribution in [3.8, 4) is 5.75 Å². The highest BCUT2D eigenvalue weighted by Crippen LogP contribution is 2.46. The highest BCUT2D eigenvalue weighted by atomic mass is 19.1. The molecule has 3 aromatic carbocycles. The predicted octanol–water partition coefficient (Wildman–Crippen LogP) is 6.04. The van der Waals surface area contributed by atoms with E-state index in [2.05, 4.69) is 5.32 Å². The Morgan fingerprint density at radius 3 is 2.43 bits per heavy atom. The molecule has 1 aliphatic heterocycles. The molecule has 2 atom stereocenters. The molecule has 2 aliphatic rings. The van der Waals surface area contributed by atoms with E-state index in [1.54, 1.807) is 36.4 Å². The fraction of sp³-hybridized carbons (Fsp3) is 0.214. The van der Waals surface area contributed by atoms with Crippen molar-refractivity contribution < 1.29 is 23.1 Å². The lowest BCUT2D eigenvalue weighted by molar-refractivity contribution is -0.117. The first kappa shape index (κ1) is 22.8. The minimum absolute atomic E-state index is 0.0854. The van der Waals surface area contributed by atoms with E-state index in [0.29, 0.717) is 34.8 Å². The number of benzene rings is 3. The molecule has 178 valence electrons. The number of hydrogen-bond donors (Lipinski definition) is 1. The molecule has 1 heterocycles. The molecule has 1 amide bonds. The Morgan fingerprint density at radius 2 is 1.69 bits per heavy atom. The number of ether oxygens (including phenoxy) is 1. The Morgan fingerprint density at radius 1 is 1.00 bits per heavy atom. The van der Waals surface area contributed by atoms with Crippen LogP contribution < -0.4 is 15.0 Å². The van der Waals surface area contributed by atoms with Gasteiger partial charge >= 0.3 is 0 Å². The summed E-state index contributed by atoms with van der Waals surface area (Å²) in [5.74, 6) is -1.74. The maximum Gasteiger partial charge on any atom is 0.262 e. The number of fused-ring (bicyclic) bond motifs is 1. The lowest BCUT2D eigenvalue weighted by atomic mass is 9.81. The van der Waals surface area contributed by atoms with Gasteiger partial charge in [0, 0.05) is 23.8 Å². The van der Waals surface area contributed by atoms with Gasteiger partial charge in [-0.25, -0.2) is 8.78 Å². The molecule has 0 aromatic heterocycles. The molecule has 7 heteroatoms. The number of anilines is 2. The third kappa shape index (κ3) is 4.07. The van der Waals surface area contributed by atoms with Crippen LogP contribution >= 0.6 is 0 Å². The molecule has 0 saturated heterocycles. The number of carbonyl (C=O) groups excluding carboxylic acids is 2. The zero-order valence-electron chi connectivity index (χ0n) is 19.3. The van der Waals surface area contributed by atoms with E-state index in [1.165, 1.54) is 24.1 Å². The third-order valence-corrected chi connectivity index (χ3v) is 6.45. The van der Waals surface area contributed by atoms with Gasteiger partial charge in [0.25, 0.3) is 5.91 Å². The quantitative estimate of drug-likeness (QED) is 0.503. The number of para-hydroxylation sites is 3. The summed E-state index contributed by atoms with van der Waals surface area (Å²) in [7, 11) is 1.47. The van der Waals surface area contributed by atoms with Crippen LogP contribution in [0, 0.1) is 17.6 Å². The topological polar surface area (TPSA) is 58.6 Å². The maximum atomic E-state index is 14.5. The number of hydrogen-bond acceptors (Lipinski definition) is 4. The van der Waals surface area contributed by atoms with Crippen molar-refractivity contribution in [2.75, 3.05) is 17.3 Å². The van der Waals surface area contributed by atoms with E-state index >= 15 is 0 Å². The summed E-state index contributed by atoms with van der Waals surface area (Å²) >= 11 is 0. The van der Waals surface area contributed by atoms with E-state index in [9.17, 15) is 18.4 Å². The van der Waals surface area contributed by atoms with Crippen molar-refractivity contribution in [2.45, 2.75) is 25.8 Å². The van der Waals surface area contributed by atoms with Gasteiger partial charge < -0.3 is 10.1 Å². The smallest absolute Gasteiger partial charge is 0.262 e. The van der Waals surface area contributed by atoms with Crippen molar-refractivity contribution in [3.05, 3.63) is 101 Å². The largest absolute Gasteiger partial charge is 0.496 e. The Kier molecular flexibility index (Phi) is 5.84. The molecular formula is C28H24F2N2O3. The maximum absolute atomic E-state index is 14.5. The van der Waals surface area contributed by atoms with Gasteiger partial charge in [-0.05, 0) is 54.3 Å². The summed E-state index contributed by atoms with van der Waals surface area (Å²) in [6.07, 6.45) is 0.849. The van der Waals surface area contributed by atoms with Gasteiger partial charge in [0.05, 0.1) is 30.1 Å². The van der Waals surface area contributed by atoms with Gasteiger partial charge in [0.1, 0.15) is 17.4 Å². The van der Waals surface area contributed by atoms with Crippen LogP contribution in [0.5, 0.6) is 5.75 Å². The standard InChI is InChI=1S/C28H24F2N2O3/c1-16-11-22-26(24(33)12-16)27(17-13-18(29)15-19(30)14-17)32(23-9-5-4-8-21(23)31-22)28(34)20-7-3-6-10-25(20)35-2/h3-10,13-16,27,31H,11-12H2,1-2H3/t16-,27+/m0/s1. The Balaban J connectivity index is 1.82. The fourth-order valence-corrected chi connectivity index (χ4v) is 5.01. The summed E-state index contributed by atoms with van der Waals surface area (Å²) in [5, 5.41) is 3.36. The molecule has 0 fully saturated rings. The Bertz CT molecular complexity index is 1350. The number of allylic oxidation sites excluding steroid dienone is 1. The van der Waals surface area contributed by atoms with Crippen molar-refractivity contribution in [1.29, 1.82) is 0 Å². The van der Waals surface area contributed by atoms with E-state index in [0.717, 1.165) is 6.07 Å². The molecule has 5 nitrogen and oxygen atoms in total. The van der Waals surface area contributed by atoms with E-state index in [4.69, 9.17) is 4.74 Å². The van der Waals surface area contributed by atoms with Crippen molar-refractivity contribution >= 4 is 23.1 Å². The summed E-state index contributed by atoms with van der Waals surface area (Å²) in [6, 6.07) is 16.0. The molecule has 0 radical (unpaired) electrons. The molecule has 5 rings (SSSR count). The first-order chi connectivity index (χ1) is 16.9. The van der Waals surface area contributed by atoms with E-state index < -0.39 is 23.6 Å². The number of rotatable bonds is 3. The Hall–Kier alpha value is -4.00. The van der Waals surface area contributed by atoms with E-state index in [-0.39, 0.29) is 29.2 Å². The SMILES string of the molecule is COc1ccccc1C(=O)N1c2ccccc2NC2=C(C(=O)C[C@@H](C)C2)[C@H]1c1cc(F)cc(F)c1. The van der Waals surface area contributed by atoms with Crippen LogP contribution in [0.2, 0.25) is 0 Å². The average molecular weight is 475 g/mol. The third-order valence-electron chi connectivity index (χ3n) is 6.45. The van der Waals surface area contributed by atoms with Crippen molar-refractivity contribution in [3.63, 3.8) is 0 Å². The second kappa shape index (κ2) is 8.98. The molecule has 0 unspecified atom stereocenters. The number of halogens is 2. The molecule has 0 saturated carbocycles. The minimum atomic E-state index is -1.04. The second-order valence-corrected chi connectivity index (χ2v) is 8.95. The molecule has 0 bridgehead atoms. The number of ketones is 1. The van der Waals surface area contributed by atoms with Gasteiger partial charge in [-0.15, -0.1) is 0 Å². The highest BCUT2D eigenvalue weighted by Gasteiger charge is 2.41. The summed E-state index contributed by atoms with van der Waals surface area (Å²) in [6.45, 7) is 1.98. The molecule has 1 aliphatic carbocycles. The molecule has 35 heavy (non-hydrogen) atoms. The van der Waals surface area contributed by atoms with Gasteiger partial charge in [0.2, 0.25) is 0 Å². The number of nitrogens with one attached hydrogen (secondary N) is 1. The zero-order chi connectivity index (χ0) is 24.7. The first-order valence-corrected chi connectivity index (χ1v) is 11.4. The van der Waals surface area contributed by atoms with Crippen LogP contribution in [0.1, 0.15) is 41.7 Å². The van der Waals surface area contributed by atoms with Gasteiger partial charge in [-0.3, -0.25) is 14.5 Å². The van der Waals surface area contributed by atoms with Gasteiger partial charge in [-0.1, -0.05) is 31.2 Å². The number of amides is 1. The van der Waals surface area contributed by atoms with Crippen molar-refractivity contribution in [2.24, 2.45) is 5.92 Å². The first-order valence-electron chi connectivity index (χ1n) is 11.4.